The molecule has 4 aromatic rings. The summed E-state index contributed by atoms with van der Waals surface area (Å²) in [6.45, 7) is 0. The molecule has 0 aliphatic heterocycles. The minimum absolute atomic E-state index is 0.0789. The highest BCUT2D eigenvalue weighted by Gasteiger charge is 2.26. The first-order valence-corrected chi connectivity index (χ1v) is 9.24. The third-order valence-electron chi connectivity index (χ3n) is 4.53. The Morgan fingerprint density at radius 3 is 2.53 bits per heavy atom. The van der Waals surface area contributed by atoms with E-state index in [-0.39, 0.29) is 17.3 Å². The van der Waals surface area contributed by atoms with Crippen LogP contribution in [0, 0.1) is 5.82 Å². The summed E-state index contributed by atoms with van der Waals surface area (Å²) in [5.41, 5.74) is 1.30. The van der Waals surface area contributed by atoms with E-state index in [0.717, 1.165) is 5.56 Å². The number of halogens is 1. The molecule has 0 radical (unpaired) electrons. The van der Waals surface area contributed by atoms with Crippen molar-refractivity contribution in [2.45, 2.75) is 6.04 Å². The van der Waals surface area contributed by atoms with Crippen molar-refractivity contribution >= 4 is 5.91 Å². The van der Waals surface area contributed by atoms with E-state index in [2.05, 4.69) is 15.5 Å². The van der Waals surface area contributed by atoms with E-state index in [9.17, 15) is 9.18 Å². The Bertz CT molecular complexity index is 1160. The Morgan fingerprint density at radius 1 is 1.00 bits per heavy atom. The van der Waals surface area contributed by atoms with Crippen LogP contribution in [0.15, 0.2) is 83.3 Å². The molecule has 0 saturated heterocycles. The van der Waals surface area contributed by atoms with E-state index < -0.39 is 17.8 Å². The van der Waals surface area contributed by atoms with Crippen LogP contribution in [0.3, 0.4) is 0 Å². The van der Waals surface area contributed by atoms with Crippen molar-refractivity contribution in [2.24, 2.45) is 0 Å². The van der Waals surface area contributed by atoms with Gasteiger partial charge in [0.05, 0.1) is 7.11 Å². The standard InChI is InChI=1S/C23H18FN3O3/c1-29-17-11-7-10-16(14-17)21(28)25-20(18-12-5-6-13-19(18)24)23-27-26-22(30-23)15-8-3-2-4-9-15/h2-14,20H,1H3,(H,25,28). The lowest BCUT2D eigenvalue weighted by Crippen LogP contribution is -2.30. The molecule has 0 fully saturated rings. The van der Waals surface area contributed by atoms with Crippen LogP contribution in [-0.4, -0.2) is 23.2 Å². The van der Waals surface area contributed by atoms with Crippen LogP contribution in [0.25, 0.3) is 11.5 Å². The number of nitrogens with zero attached hydrogens (tertiary/aromatic N) is 2. The molecular formula is C23H18FN3O3. The van der Waals surface area contributed by atoms with Crippen LogP contribution in [0.5, 0.6) is 5.75 Å². The maximum Gasteiger partial charge on any atom is 0.252 e. The number of aromatic nitrogens is 2. The third-order valence-corrected chi connectivity index (χ3v) is 4.53. The summed E-state index contributed by atoms with van der Waals surface area (Å²) >= 11 is 0. The van der Waals surface area contributed by atoms with E-state index >= 15 is 0 Å². The summed E-state index contributed by atoms with van der Waals surface area (Å²) in [7, 11) is 1.52. The number of carbonyl (C=O) groups excluding carboxylic acids is 1. The number of hydrogen-bond donors (Lipinski definition) is 1. The van der Waals surface area contributed by atoms with Crippen LogP contribution in [0.1, 0.15) is 27.9 Å². The van der Waals surface area contributed by atoms with E-state index in [4.69, 9.17) is 9.15 Å². The number of ether oxygens (including phenoxy) is 1. The van der Waals surface area contributed by atoms with Gasteiger partial charge in [0.15, 0.2) is 0 Å². The Kier molecular flexibility index (Phi) is 5.52. The summed E-state index contributed by atoms with van der Waals surface area (Å²) in [4.78, 5) is 12.9. The highest BCUT2D eigenvalue weighted by molar-refractivity contribution is 5.95. The lowest BCUT2D eigenvalue weighted by Gasteiger charge is -2.16. The lowest BCUT2D eigenvalue weighted by atomic mass is 10.1. The largest absolute Gasteiger partial charge is 0.497 e. The topological polar surface area (TPSA) is 77.2 Å². The normalized spacial score (nSPS) is 11.7. The Balaban J connectivity index is 1.70. The van der Waals surface area contributed by atoms with Gasteiger partial charge in [0, 0.05) is 16.7 Å². The Morgan fingerprint density at radius 2 is 1.77 bits per heavy atom. The summed E-state index contributed by atoms with van der Waals surface area (Å²) in [6.07, 6.45) is 0. The highest BCUT2D eigenvalue weighted by Crippen LogP contribution is 2.27. The van der Waals surface area contributed by atoms with Crippen LogP contribution < -0.4 is 10.1 Å². The molecule has 1 N–H and O–H groups in total. The molecule has 30 heavy (non-hydrogen) atoms. The molecular weight excluding hydrogens is 385 g/mol. The van der Waals surface area contributed by atoms with Gasteiger partial charge in [0.2, 0.25) is 11.8 Å². The average Bonchev–Trinajstić information content (AvgIpc) is 3.28. The van der Waals surface area contributed by atoms with Gasteiger partial charge in [-0.2, -0.15) is 0 Å². The molecule has 1 unspecified atom stereocenters. The molecule has 6 nitrogen and oxygen atoms in total. The predicted octanol–water partition coefficient (Wildman–Crippen LogP) is 4.40. The smallest absolute Gasteiger partial charge is 0.252 e. The van der Waals surface area contributed by atoms with Crippen molar-refractivity contribution in [3.05, 3.63) is 102 Å². The third kappa shape index (κ3) is 4.05. The van der Waals surface area contributed by atoms with Crippen LogP contribution in [0.2, 0.25) is 0 Å². The number of amides is 1. The van der Waals surface area contributed by atoms with Gasteiger partial charge in [-0.15, -0.1) is 10.2 Å². The molecule has 0 saturated carbocycles. The maximum absolute atomic E-state index is 14.6. The van der Waals surface area contributed by atoms with E-state index in [1.807, 2.05) is 30.3 Å². The summed E-state index contributed by atoms with van der Waals surface area (Å²) in [5, 5.41) is 10.9. The van der Waals surface area contributed by atoms with Crippen molar-refractivity contribution in [3.63, 3.8) is 0 Å². The number of benzene rings is 3. The van der Waals surface area contributed by atoms with Gasteiger partial charge in [-0.3, -0.25) is 4.79 Å². The lowest BCUT2D eigenvalue weighted by molar-refractivity contribution is 0.0937. The quantitative estimate of drug-likeness (QED) is 0.516. The molecule has 1 amide bonds. The molecule has 1 atom stereocenters. The van der Waals surface area contributed by atoms with Crippen molar-refractivity contribution in [3.8, 4) is 17.2 Å². The Labute approximate surface area is 172 Å². The minimum Gasteiger partial charge on any atom is -0.497 e. The number of carbonyl (C=O) groups is 1. The first-order valence-electron chi connectivity index (χ1n) is 9.24. The van der Waals surface area contributed by atoms with Crippen molar-refractivity contribution in [1.82, 2.24) is 15.5 Å². The fourth-order valence-electron chi connectivity index (χ4n) is 3.01. The van der Waals surface area contributed by atoms with Crippen LogP contribution >= 0.6 is 0 Å². The van der Waals surface area contributed by atoms with Gasteiger partial charge in [-0.25, -0.2) is 4.39 Å². The molecule has 3 aromatic carbocycles. The molecule has 0 spiro atoms. The van der Waals surface area contributed by atoms with E-state index in [1.165, 1.54) is 13.2 Å². The fourth-order valence-corrected chi connectivity index (χ4v) is 3.01. The minimum atomic E-state index is -0.963. The van der Waals surface area contributed by atoms with Gasteiger partial charge in [-0.1, -0.05) is 42.5 Å². The second-order valence-corrected chi connectivity index (χ2v) is 6.47. The second kappa shape index (κ2) is 8.57. The molecule has 0 aliphatic carbocycles. The molecule has 0 bridgehead atoms. The Hall–Kier alpha value is -4.00. The number of hydrogen-bond acceptors (Lipinski definition) is 5. The van der Waals surface area contributed by atoms with Gasteiger partial charge < -0.3 is 14.5 Å². The molecule has 150 valence electrons. The van der Waals surface area contributed by atoms with E-state index in [0.29, 0.717) is 11.3 Å². The molecule has 7 heteroatoms. The van der Waals surface area contributed by atoms with E-state index in [1.54, 1.807) is 42.5 Å². The first-order chi connectivity index (χ1) is 14.7. The number of rotatable bonds is 6. The number of methoxy groups -OCH3 is 1. The van der Waals surface area contributed by atoms with Gasteiger partial charge in [0.1, 0.15) is 17.6 Å². The van der Waals surface area contributed by atoms with Crippen LogP contribution in [-0.2, 0) is 0 Å². The summed E-state index contributed by atoms with van der Waals surface area (Å²) in [6, 6.07) is 21.0. The summed E-state index contributed by atoms with van der Waals surface area (Å²) < 4.78 is 25.5. The summed E-state index contributed by atoms with van der Waals surface area (Å²) in [5.74, 6) is -0.0264. The molecule has 1 aromatic heterocycles. The highest BCUT2D eigenvalue weighted by atomic mass is 19.1. The van der Waals surface area contributed by atoms with Gasteiger partial charge in [0.25, 0.3) is 5.91 Å². The first kappa shape index (κ1) is 19.3. The zero-order chi connectivity index (χ0) is 20.9. The molecule has 4 rings (SSSR count). The zero-order valence-corrected chi connectivity index (χ0v) is 16.1. The SMILES string of the molecule is COc1cccc(C(=O)NC(c2nnc(-c3ccccc3)o2)c2ccccc2F)c1. The van der Waals surface area contributed by atoms with Crippen molar-refractivity contribution in [2.75, 3.05) is 7.11 Å². The average molecular weight is 403 g/mol. The fraction of sp³-hybridized carbons (Fsp3) is 0.0870. The van der Waals surface area contributed by atoms with Crippen molar-refractivity contribution < 1.29 is 18.3 Å². The number of nitrogens with one attached hydrogen (secondary N) is 1. The zero-order valence-electron chi connectivity index (χ0n) is 16.1. The molecule has 1 heterocycles. The maximum atomic E-state index is 14.6. The molecule has 0 aliphatic rings. The van der Waals surface area contributed by atoms with Gasteiger partial charge in [-0.05, 0) is 36.4 Å². The van der Waals surface area contributed by atoms with Crippen molar-refractivity contribution in [1.29, 1.82) is 0 Å². The van der Waals surface area contributed by atoms with Crippen LogP contribution in [0.4, 0.5) is 4.39 Å². The second-order valence-electron chi connectivity index (χ2n) is 6.47. The monoisotopic (exact) mass is 403 g/mol. The predicted molar refractivity (Wildman–Crippen MR) is 108 cm³/mol. The van der Waals surface area contributed by atoms with Gasteiger partial charge >= 0.3 is 0 Å².